The average Bonchev–Trinajstić information content (AvgIpc) is 3.06. The zero-order valence-corrected chi connectivity index (χ0v) is 26.2. The van der Waals surface area contributed by atoms with Crippen LogP contribution in [-0.4, -0.2) is 91.8 Å². The predicted molar refractivity (Wildman–Crippen MR) is 164 cm³/mol. The molecule has 0 aliphatic carbocycles. The van der Waals surface area contributed by atoms with Crippen LogP contribution in [0.2, 0.25) is 0 Å². The number of Topliss-reactive ketones (excluding diaryl/α,β-unsaturated/α-hetero) is 1. The summed E-state index contributed by atoms with van der Waals surface area (Å²) in [5, 5.41) is 42.8. The molecule has 280 valence electrons. The van der Waals surface area contributed by atoms with Crippen LogP contribution in [0.15, 0.2) is 67.0 Å². The Kier molecular flexibility index (Phi) is 16.4. The molecule has 3 aromatic rings. The molecule has 1 heterocycles. The summed E-state index contributed by atoms with van der Waals surface area (Å²) < 4.78 is 69.3. The van der Waals surface area contributed by atoms with Crippen LogP contribution < -0.4 is 15.8 Å². The van der Waals surface area contributed by atoms with Gasteiger partial charge in [-0.2, -0.15) is 26.3 Å². The molecular weight excluding hydrogens is 718 g/mol. The lowest BCUT2D eigenvalue weighted by Crippen LogP contribution is -2.39. The third kappa shape index (κ3) is 15.8. The van der Waals surface area contributed by atoms with Crippen molar-refractivity contribution in [2.45, 2.75) is 37.7 Å². The van der Waals surface area contributed by atoms with Crippen molar-refractivity contribution in [1.29, 1.82) is 5.41 Å². The van der Waals surface area contributed by atoms with Gasteiger partial charge in [0, 0.05) is 41.9 Å². The summed E-state index contributed by atoms with van der Waals surface area (Å²) in [5.41, 5.74) is 8.09. The van der Waals surface area contributed by atoms with Crippen molar-refractivity contribution < 1.29 is 80.3 Å². The maximum Gasteiger partial charge on any atom is 0.490 e. The molecule has 0 aliphatic heterocycles. The fourth-order valence-electron chi connectivity index (χ4n) is 3.59. The van der Waals surface area contributed by atoms with Crippen molar-refractivity contribution in [1.82, 2.24) is 10.3 Å². The lowest BCUT2D eigenvalue weighted by Gasteiger charge is -2.20. The van der Waals surface area contributed by atoms with Crippen molar-refractivity contribution in [3.05, 3.63) is 83.7 Å². The van der Waals surface area contributed by atoms with Gasteiger partial charge in [-0.3, -0.25) is 24.8 Å². The van der Waals surface area contributed by atoms with Gasteiger partial charge in [0.25, 0.3) is 5.91 Å². The number of nitrogens with one attached hydrogen (secondary N) is 2. The van der Waals surface area contributed by atoms with Gasteiger partial charge in [0.15, 0.2) is 0 Å². The fourth-order valence-corrected chi connectivity index (χ4v) is 3.59. The van der Waals surface area contributed by atoms with Crippen molar-refractivity contribution in [2.75, 3.05) is 6.61 Å². The number of carboxylic acids is 4. The number of nitrogen functional groups attached to an aromatic ring is 1. The molecule has 1 aromatic heterocycles. The standard InChI is InChI=1S/C27H26N4O7.2C2HF3O2/c28-25(29)19-5-4-18(13-22(32)27(36)37)23(14-19)38-15-21(6-7-24(33)34)31-26(35)20-3-1-2-17(12-20)16-8-10-30-11-9-16;2*3-2(4,5)1(6)7/h1-5,8-12,14,21H,6-7,13,15H2,(H3,28,29)(H,31,35)(H,33,34)(H,36,37);2*(H,6,7)/t21-;;/m1../s1. The summed E-state index contributed by atoms with van der Waals surface area (Å²) in [6.07, 6.45) is -7.55. The molecule has 0 saturated carbocycles. The maximum absolute atomic E-state index is 13.0. The van der Waals surface area contributed by atoms with Gasteiger partial charge in [-0.25, -0.2) is 14.4 Å². The number of carbonyl (C=O) groups is 6. The number of carboxylic acid groups (broad SMARTS) is 4. The highest BCUT2D eigenvalue weighted by Crippen LogP contribution is 2.23. The van der Waals surface area contributed by atoms with Crippen LogP contribution >= 0.6 is 0 Å². The number of amides is 1. The first kappa shape index (κ1) is 43.5. The summed E-state index contributed by atoms with van der Waals surface area (Å²) in [5.74, 6) is -9.85. The number of aromatic nitrogens is 1. The molecule has 0 saturated heterocycles. The van der Waals surface area contributed by atoms with Gasteiger partial charge in [-0.05, 0) is 47.9 Å². The van der Waals surface area contributed by atoms with Gasteiger partial charge in [0.05, 0.1) is 6.04 Å². The summed E-state index contributed by atoms with van der Waals surface area (Å²) in [6, 6.07) is 14.1. The number of aliphatic carboxylic acids is 4. The second-order valence-electron chi connectivity index (χ2n) is 9.98. The lowest BCUT2D eigenvalue weighted by molar-refractivity contribution is -0.193. The minimum Gasteiger partial charge on any atom is -0.491 e. The van der Waals surface area contributed by atoms with Crippen molar-refractivity contribution in [3.63, 3.8) is 0 Å². The van der Waals surface area contributed by atoms with Crippen molar-refractivity contribution in [2.24, 2.45) is 5.73 Å². The zero-order valence-electron chi connectivity index (χ0n) is 26.2. The molecule has 1 atom stereocenters. The van der Waals surface area contributed by atoms with E-state index < -0.39 is 60.4 Å². The van der Waals surface area contributed by atoms with Crippen LogP contribution in [0, 0.1) is 5.41 Å². The van der Waals surface area contributed by atoms with E-state index in [1.807, 2.05) is 18.2 Å². The number of carbonyl (C=O) groups excluding carboxylic acids is 2. The van der Waals surface area contributed by atoms with E-state index in [0.717, 1.165) is 11.1 Å². The van der Waals surface area contributed by atoms with E-state index in [1.165, 1.54) is 18.2 Å². The van der Waals surface area contributed by atoms with E-state index in [-0.39, 0.29) is 42.2 Å². The smallest absolute Gasteiger partial charge is 0.490 e. The fraction of sp³-hybridized carbons (Fsp3) is 0.226. The first-order valence-electron chi connectivity index (χ1n) is 14.0. The number of amidine groups is 1. The number of alkyl halides is 6. The van der Waals surface area contributed by atoms with Gasteiger partial charge < -0.3 is 36.2 Å². The number of nitrogens with two attached hydrogens (primary N) is 1. The highest BCUT2D eigenvalue weighted by atomic mass is 19.4. The second-order valence-corrected chi connectivity index (χ2v) is 9.98. The Hall–Kier alpha value is -6.54. The van der Waals surface area contributed by atoms with Crippen LogP contribution in [0.4, 0.5) is 26.3 Å². The number of hydrogen-bond acceptors (Lipinski definition) is 9. The van der Waals surface area contributed by atoms with Gasteiger partial charge in [-0.15, -0.1) is 0 Å². The summed E-state index contributed by atoms with van der Waals surface area (Å²) in [4.78, 5) is 68.8. The second kappa shape index (κ2) is 19.6. The zero-order chi connectivity index (χ0) is 39.8. The number of benzene rings is 2. The first-order chi connectivity index (χ1) is 24.0. The quantitative estimate of drug-likeness (QED) is 0.0572. The molecule has 8 N–H and O–H groups in total. The highest BCUT2D eigenvalue weighted by Gasteiger charge is 2.38. The molecule has 52 heavy (non-hydrogen) atoms. The van der Waals surface area contributed by atoms with Gasteiger partial charge >= 0.3 is 36.2 Å². The minimum atomic E-state index is -5.08. The van der Waals surface area contributed by atoms with Crippen LogP contribution in [0.25, 0.3) is 11.1 Å². The van der Waals surface area contributed by atoms with Gasteiger partial charge in [-0.1, -0.05) is 24.3 Å². The Morgan fingerprint density at radius 1 is 0.808 bits per heavy atom. The molecule has 1 amide bonds. The molecule has 0 aliphatic rings. The van der Waals surface area contributed by atoms with Crippen LogP contribution in [0.1, 0.15) is 34.3 Å². The third-order valence-corrected chi connectivity index (χ3v) is 6.07. The lowest BCUT2D eigenvalue weighted by atomic mass is 10.0. The van der Waals surface area contributed by atoms with Gasteiger partial charge in [0.1, 0.15) is 18.2 Å². The number of ether oxygens (including phenoxy) is 1. The van der Waals surface area contributed by atoms with Crippen LogP contribution in [-0.2, 0) is 30.4 Å². The van der Waals surface area contributed by atoms with Crippen LogP contribution in [0.3, 0.4) is 0 Å². The Bertz CT molecular complexity index is 1740. The van der Waals surface area contributed by atoms with E-state index >= 15 is 0 Å². The summed E-state index contributed by atoms with van der Waals surface area (Å²) in [7, 11) is 0. The Labute approximate surface area is 288 Å². The molecule has 0 spiro atoms. The number of nitrogens with zero attached hydrogens (tertiary/aromatic N) is 1. The number of rotatable bonds is 13. The number of ketones is 1. The van der Waals surface area contributed by atoms with E-state index in [4.69, 9.17) is 45.9 Å². The average molecular weight is 747 g/mol. The summed E-state index contributed by atoms with van der Waals surface area (Å²) >= 11 is 0. The molecule has 0 unspecified atom stereocenters. The summed E-state index contributed by atoms with van der Waals surface area (Å²) in [6.45, 7) is -0.182. The number of hydrogen-bond donors (Lipinski definition) is 7. The molecule has 15 nitrogen and oxygen atoms in total. The van der Waals surface area contributed by atoms with E-state index in [9.17, 15) is 45.5 Å². The maximum atomic E-state index is 13.0. The molecule has 0 radical (unpaired) electrons. The normalized spacial score (nSPS) is 11.3. The number of pyridine rings is 1. The molecule has 2 aromatic carbocycles. The minimum absolute atomic E-state index is 0.0426. The molecule has 0 bridgehead atoms. The molecule has 3 rings (SSSR count). The largest absolute Gasteiger partial charge is 0.491 e. The Morgan fingerprint density at radius 3 is 1.85 bits per heavy atom. The van der Waals surface area contributed by atoms with E-state index in [2.05, 4.69) is 10.3 Å². The van der Waals surface area contributed by atoms with Crippen LogP contribution in [0.5, 0.6) is 5.75 Å². The monoisotopic (exact) mass is 746 g/mol. The SMILES string of the molecule is N=C(N)c1ccc(CC(=O)C(=O)O)c(OC[C@@H](CCC(=O)O)NC(=O)c2cccc(-c3ccncc3)c2)c1.O=C(O)C(F)(F)F.O=C(O)C(F)(F)F. The predicted octanol–water partition coefficient (Wildman–Crippen LogP) is 3.54. The topological polar surface area (TPSA) is 267 Å². The Balaban J connectivity index is 0.000000812. The van der Waals surface area contributed by atoms with E-state index in [0.29, 0.717) is 5.56 Å². The van der Waals surface area contributed by atoms with E-state index in [1.54, 1.807) is 30.6 Å². The third-order valence-electron chi connectivity index (χ3n) is 6.07. The first-order valence-corrected chi connectivity index (χ1v) is 14.0. The Morgan fingerprint density at radius 2 is 1.37 bits per heavy atom. The number of halogens is 6. The molecule has 0 fully saturated rings. The highest BCUT2D eigenvalue weighted by molar-refractivity contribution is 6.33. The van der Waals surface area contributed by atoms with Gasteiger partial charge in [0.2, 0.25) is 5.78 Å². The molecule has 21 heteroatoms. The molecular formula is C31H28F6N4O11. The van der Waals surface area contributed by atoms with Crippen molar-refractivity contribution >= 4 is 41.4 Å². The van der Waals surface area contributed by atoms with Crippen molar-refractivity contribution in [3.8, 4) is 16.9 Å².